The van der Waals surface area contributed by atoms with Crippen molar-refractivity contribution in [1.29, 1.82) is 0 Å². The van der Waals surface area contributed by atoms with Gasteiger partial charge < -0.3 is 25.2 Å². The van der Waals surface area contributed by atoms with Gasteiger partial charge in [0.1, 0.15) is 12.6 Å². The molecule has 8 nitrogen and oxygen atoms in total. The van der Waals surface area contributed by atoms with E-state index in [2.05, 4.69) is 22.8 Å². The number of fused-ring (bicyclic) bond motifs is 3. The summed E-state index contributed by atoms with van der Waals surface area (Å²) in [5.74, 6) is -1.34. The molecular weight excluding hydrogens is 436 g/mol. The lowest BCUT2D eigenvalue weighted by Crippen LogP contribution is -2.48. The van der Waals surface area contributed by atoms with Crippen molar-refractivity contribution in [2.45, 2.75) is 37.6 Å². The second-order valence-electron chi connectivity index (χ2n) is 8.78. The maximum Gasteiger partial charge on any atom is 0.407 e. The molecule has 2 aromatic carbocycles. The third kappa shape index (κ3) is 5.75. The first-order valence-electron chi connectivity index (χ1n) is 11.7. The van der Waals surface area contributed by atoms with Crippen molar-refractivity contribution >= 4 is 18.0 Å². The van der Waals surface area contributed by atoms with Gasteiger partial charge in [0, 0.05) is 25.5 Å². The minimum Gasteiger partial charge on any atom is -0.481 e. The van der Waals surface area contributed by atoms with Gasteiger partial charge in [-0.15, -0.1) is 0 Å². The molecule has 3 N–H and O–H groups in total. The average molecular weight is 467 g/mol. The maximum absolute atomic E-state index is 12.7. The Hall–Kier alpha value is -3.39. The number of carbonyl (C=O) groups excluding carboxylic acids is 2. The molecule has 1 aliphatic carbocycles. The number of hydrogen-bond acceptors (Lipinski definition) is 5. The highest BCUT2D eigenvalue weighted by Gasteiger charge is 2.30. The lowest BCUT2D eigenvalue weighted by atomic mass is 9.98. The zero-order chi connectivity index (χ0) is 23.9. The Labute approximate surface area is 198 Å². The first-order valence-corrected chi connectivity index (χ1v) is 11.7. The number of aliphatic carboxylic acids is 1. The van der Waals surface area contributed by atoms with Crippen molar-refractivity contribution < 1.29 is 29.0 Å². The van der Waals surface area contributed by atoms with Crippen molar-refractivity contribution in [1.82, 2.24) is 10.6 Å². The minimum atomic E-state index is -1.03. The summed E-state index contributed by atoms with van der Waals surface area (Å²) in [6, 6.07) is 15.1. The molecule has 2 aliphatic rings. The Bertz CT molecular complexity index is 988. The largest absolute Gasteiger partial charge is 0.481 e. The summed E-state index contributed by atoms with van der Waals surface area (Å²) in [6.45, 7) is 1.86. The van der Waals surface area contributed by atoms with Crippen LogP contribution in [0.1, 0.15) is 42.7 Å². The van der Waals surface area contributed by atoms with E-state index in [1.165, 1.54) is 0 Å². The van der Waals surface area contributed by atoms with Crippen LogP contribution in [-0.2, 0) is 19.1 Å². The number of alkyl carbamates (subject to hydrolysis) is 1. The Morgan fingerprint density at radius 2 is 1.74 bits per heavy atom. The third-order valence-electron chi connectivity index (χ3n) is 6.42. The van der Waals surface area contributed by atoms with Gasteiger partial charge in [0.25, 0.3) is 0 Å². The number of carbonyl (C=O) groups is 3. The second kappa shape index (κ2) is 11.2. The fourth-order valence-corrected chi connectivity index (χ4v) is 4.66. The number of hydrogen-bond donors (Lipinski definition) is 3. The molecule has 0 aromatic heterocycles. The highest BCUT2D eigenvalue weighted by molar-refractivity contribution is 5.86. The summed E-state index contributed by atoms with van der Waals surface area (Å²) in [7, 11) is 0. The molecule has 1 fully saturated rings. The van der Waals surface area contributed by atoms with Crippen LogP contribution >= 0.6 is 0 Å². The van der Waals surface area contributed by atoms with Crippen LogP contribution in [0.25, 0.3) is 11.1 Å². The summed E-state index contributed by atoms with van der Waals surface area (Å²) in [4.78, 5) is 36.4. The van der Waals surface area contributed by atoms with E-state index >= 15 is 0 Å². The molecule has 0 radical (unpaired) electrons. The van der Waals surface area contributed by atoms with Crippen molar-refractivity contribution in [2.24, 2.45) is 5.92 Å². The van der Waals surface area contributed by atoms with Gasteiger partial charge in [0.05, 0.1) is 6.61 Å². The number of nitrogens with one attached hydrogen (secondary N) is 2. The SMILES string of the molecule is O=C(O)CCC(NC(=O)OCC1c2ccccc2-c2ccccc21)C(=O)NCC1CCCOC1. The molecule has 0 spiro atoms. The first-order chi connectivity index (χ1) is 16.5. The van der Waals surface area contributed by atoms with Gasteiger partial charge in [-0.05, 0) is 47.4 Å². The Balaban J connectivity index is 1.36. The summed E-state index contributed by atoms with van der Waals surface area (Å²) >= 11 is 0. The van der Waals surface area contributed by atoms with Gasteiger partial charge in [0.2, 0.25) is 5.91 Å². The first kappa shape index (κ1) is 23.8. The van der Waals surface area contributed by atoms with Crippen LogP contribution in [0.3, 0.4) is 0 Å². The minimum absolute atomic E-state index is 0.0213. The van der Waals surface area contributed by atoms with Crippen LogP contribution in [0.4, 0.5) is 4.79 Å². The molecule has 180 valence electrons. The predicted molar refractivity (Wildman–Crippen MR) is 125 cm³/mol. The molecule has 4 rings (SSSR count). The highest BCUT2D eigenvalue weighted by Crippen LogP contribution is 2.44. The maximum atomic E-state index is 12.7. The zero-order valence-electron chi connectivity index (χ0n) is 19.0. The molecule has 2 atom stereocenters. The van der Waals surface area contributed by atoms with E-state index in [9.17, 15) is 14.4 Å². The van der Waals surface area contributed by atoms with Crippen LogP contribution in [0.2, 0.25) is 0 Å². The molecule has 1 heterocycles. The molecule has 0 saturated carbocycles. The Morgan fingerprint density at radius 1 is 1.06 bits per heavy atom. The van der Waals surface area contributed by atoms with E-state index in [1.54, 1.807) is 0 Å². The number of rotatable bonds is 9. The van der Waals surface area contributed by atoms with E-state index in [-0.39, 0.29) is 31.3 Å². The van der Waals surface area contributed by atoms with Gasteiger partial charge in [0.15, 0.2) is 0 Å². The summed E-state index contributed by atoms with van der Waals surface area (Å²) in [5.41, 5.74) is 4.42. The van der Waals surface area contributed by atoms with E-state index < -0.39 is 24.0 Å². The van der Waals surface area contributed by atoms with E-state index in [0.29, 0.717) is 13.2 Å². The lowest BCUT2D eigenvalue weighted by molar-refractivity contribution is -0.137. The summed E-state index contributed by atoms with van der Waals surface area (Å²) < 4.78 is 11.0. The van der Waals surface area contributed by atoms with Crippen LogP contribution in [0, 0.1) is 5.92 Å². The van der Waals surface area contributed by atoms with Crippen molar-refractivity contribution in [2.75, 3.05) is 26.4 Å². The molecule has 0 bridgehead atoms. The van der Waals surface area contributed by atoms with E-state index in [1.807, 2.05) is 36.4 Å². The monoisotopic (exact) mass is 466 g/mol. The lowest BCUT2D eigenvalue weighted by Gasteiger charge is -2.24. The molecule has 2 amide bonds. The van der Waals surface area contributed by atoms with E-state index in [0.717, 1.165) is 41.7 Å². The molecule has 8 heteroatoms. The van der Waals surface area contributed by atoms with Gasteiger partial charge in [-0.1, -0.05) is 48.5 Å². The number of carboxylic acids is 1. The molecule has 2 aromatic rings. The smallest absolute Gasteiger partial charge is 0.407 e. The fraction of sp³-hybridized carbons (Fsp3) is 0.423. The normalized spacial score (nSPS) is 17.8. The average Bonchev–Trinajstić information content (AvgIpc) is 3.18. The molecule has 2 unspecified atom stereocenters. The second-order valence-corrected chi connectivity index (χ2v) is 8.78. The van der Waals surface area contributed by atoms with Gasteiger partial charge in [-0.2, -0.15) is 0 Å². The van der Waals surface area contributed by atoms with Gasteiger partial charge >= 0.3 is 12.1 Å². The summed E-state index contributed by atoms with van der Waals surface area (Å²) in [5, 5.41) is 14.4. The number of ether oxygens (including phenoxy) is 2. The van der Waals surface area contributed by atoms with Crippen LogP contribution in [0.15, 0.2) is 48.5 Å². The molecule has 34 heavy (non-hydrogen) atoms. The fourth-order valence-electron chi connectivity index (χ4n) is 4.66. The third-order valence-corrected chi connectivity index (χ3v) is 6.42. The van der Waals surface area contributed by atoms with Crippen LogP contribution in [-0.4, -0.2) is 55.5 Å². The van der Waals surface area contributed by atoms with Crippen LogP contribution in [0.5, 0.6) is 0 Å². The van der Waals surface area contributed by atoms with Crippen molar-refractivity contribution in [3.05, 3.63) is 59.7 Å². The van der Waals surface area contributed by atoms with Crippen LogP contribution < -0.4 is 10.6 Å². The van der Waals surface area contributed by atoms with E-state index in [4.69, 9.17) is 14.6 Å². The molecule has 1 saturated heterocycles. The Kier molecular flexibility index (Phi) is 7.80. The van der Waals surface area contributed by atoms with Crippen molar-refractivity contribution in [3.8, 4) is 11.1 Å². The standard InChI is InChI=1S/C26H30N2O6/c29-24(30)12-11-23(25(31)27-14-17-6-5-13-33-15-17)28-26(32)34-16-22-20-9-3-1-7-18(20)19-8-2-4-10-21(19)22/h1-4,7-10,17,22-23H,5-6,11-16H2,(H,27,31)(H,28,32)(H,29,30). The number of benzene rings is 2. The Morgan fingerprint density at radius 3 is 2.35 bits per heavy atom. The topological polar surface area (TPSA) is 114 Å². The quantitative estimate of drug-likeness (QED) is 0.523. The molecular formula is C26H30N2O6. The molecule has 1 aliphatic heterocycles. The zero-order valence-corrected chi connectivity index (χ0v) is 19.0. The van der Waals surface area contributed by atoms with Crippen molar-refractivity contribution in [3.63, 3.8) is 0 Å². The number of amides is 2. The van der Waals surface area contributed by atoms with Gasteiger partial charge in [-0.25, -0.2) is 4.79 Å². The summed E-state index contributed by atoms with van der Waals surface area (Å²) in [6.07, 6.45) is 0.898. The van der Waals surface area contributed by atoms with Gasteiger partial charge in [-0.3, -0.25) is 9.59 Å². The predicted octanol–water partition coefficient (Wildman–Crippen LogP) is 3.30. The number of carboxylic acid groups (broad SMARTS) is 1. The highest BCUT2D eigenvalue weighted by atomic mass is 16.5.